The van der Waals surface area contributed by atoms with Gasteiger partial charge in [-0.05, 0) is 30.0 Å². The number of carbonyl (C=O) groups is 1. The summed E-state index contributed by atoms with van der Waals surface area (Å²) in [6.45, 7) is 1.50. The molecule has 5 nitrogen and oxygen atoms in total. The lowest BCUT2D eigenvalue weighted by molar-refractivity contribution is -0.116. The van der Waals surface area contributed by atoms with E-state index in [1.165, 1.54) is 34.2 Å². The lowest BCUT2D eigenvalue weighted by Crippen LogP contribution is -2.36. The number of hydrogen-bond acceptors (Lipinski definition) is 6. The number of nitrogens with zero attached hydrogens (tertiary/aromatic N) is 3. The molecule has 1 aliphatic heterocycles. The van der Waals surface area contributed by atoms with Gasteiger partial charge in [0.15, 0.2) is 4.34 Å². The minimum atomic E-state index is 0.126. The Hall–Kier alpha value is -2.38. The summed E-state index contributed by atoms with van der Waals surface area (Å²) in [5, 5.41) is 12.4. The lowest BCUT2D eigenvalue weighted by atomic mass is 10.0. The van der Waals surface area contributed by atoms with Gasteiger partial charge in [-0.25, -0.2) is 0 Å². The molecule has 1 amide bonds. The second kappa shape index (κ2) is 8.54. The Balaban J connectivity index is 1.32. The number of hydrogen-bond donors (Lipinski definition) is 1. The number of carbonyl (C=O) groups excluding carboxylic acids is 1. The van der Waals surface area contributed by atoms with Crippen molar-refractivity contribution in [2.75, 3.05) is 22.5 Å². The number of benzene rings is 2. The summed E-state index contributed by atoms with van der Waals surface area (Å²) in [5.41, 5.74) is 3.50. The predicted octanol–water partition coefficient (Wildman–Crippen LogP) is 4.22. The third kappa shape index (κ3) is 4.48. The van der Waals surface area contributed by atoms with Gasteiger partial charge in [0.1, 0.15) is 0 Å². The first kappa shape index (κ1) is 18.0. The molecular weight excluding hydrogens is 376 g/mol. The van der Waals surface area contributed by atoms with E-state index in [1.54, 1.807) is 0 Å². The Morgan fingerprint density at radius 2 is 1.93 bits per heavy atom. The molecule has 0 bridgehead atoms. The largest absolute Gasteiger partial charge is 0.356 e. The van der Waals surface area contributed by atoms with E-state index < -0.39 is 0 Å². The van der Waals surface area contributed by atoms with E-state index in [2.05, 4.69) is 33.7 Å². The summed E-state index contributed by atoms with van der Waals surface area (Å²) in [6.07, 6.45) is 2.06. The van der Waals surface area contributed by atoms with Crippen LogP contribution in [0.25, 0.3) is 0 Å². The van der Waals surface area contributed by atoms with Gasteiger partial charge in [0.25, 0.3) is 0 Å². The van der Waals surface area contributed by atoms with E-state index >= 15 is 0 Å². The number of aryl methyl sites for hydroxylation is 1. The lowest BCUT2D eigenvalue weighted by Gasteiger charge is -2.29. The van der Waals surface area contributed by atoms with E-state index in [0.717, 1.165) is 34.5 Å². The molecule has 1 aromatic heterocycles. The van der Waals surface area contributed by atoms with Crippen LogP contribution in [-0.2, 0) is 17.8 Å². The molecule has 1 aliphatic rings. The highest BCUT2D eigenvalue weighted by Crippen LogP contribution is 2.30. The molecule has 2 aromatic carbocycles. The van der Waals surface area contributed by atoms with E-state index in [4.69, 9.17) is 0 Å². The number of rotatable bonds is 6. The molecule has 7 heteroatoms. The maximum absolute atomic E-state index is 12.7. The highest BCUT2D eigenvalue weighted by atomic mass is 32.2. The fourth-order valence-corrected chi connectivity index (χ4v) is 4.73. The number of anilines is 2. The van der Waals surface area contributed by atoms with Crippen molar-refractivity contribution in [3.8, 4) is 0 Å². The van der Waals surface area contributed by atoms with Gasteiger partial charge in [0, 0.05) is 18.8 Å². The van der Waals surface area contributed by atoms with Gasteiger partial charge in [-0.3, -0.25) is 4.79 Å². The van der Waals surface area contributed by atoms with Gasteiger partial charge in [-0.1, -0.05) is 71.6 Å². The van der Waals surface area contributed by atoms with Crippen LogP contribution in [0.15, 0.2) is 58.9 Å². The van der Waals surface area contributed by atoms with Crippen LogP contribution in [0.2, 0.25) is 0 Å². The summed E-state index contributed by atoms with van der Waals surface area (Å²) in [4.78, 5) is 14.6. The zero-order valence-electron chi connectivity index (χ0n) is 14.8. The highest BCUT2D eigenvalue weighted by Gasteiger charge is 2.22. The molecule has 4 rings (SSSR count). The Kier molecular flexibility index (Phi) is 5.69. The average Bonchev–Trinajstić information content (AvgIpc) is 3.19. The van der Waals surface area contributed by atoms with Crippen LogP contribution in [0, 0.1) is 0 Å². The molecule has 0 spiro atoms. The fraction of sp³-hybridized carbons (Fsp3) is 0.250. The fourth-order valence-electron chi connectivity index (χ4n) is 3.11. The van der Waals surface area contributed by atoms with Gasteiger partial charge in [0.05, 0.1) is 5.75 Å². The van der Waals surface area contributed by atoms with E-state index in [9.17, 15) is 4.79 Å². The molecule has 0 aliphatic carbocycles. The molecule has 0 saturated carbocycles. The van der Waals surface area contributed by atoms with Crippen LogP contribution in [0.4, 0.5) is 10.8 Å². The van der Waals surface area contributed by atoms with Crippen LogP contribution in [0.5, 0.6) is 0 Å². The molecule has 138 valence electrons. The Labute approximate surface area is 166 Å². The molecule has 27 heavy (non-hydrogen) atoms. The maximum atomic E-state index is 12.7. The molecule has 3 aromatic rings. The normalized spacial score (nSPS) is 13.3. The minimum Gasteiger partial charge on any atom is -0.356 e. The number of nitrogens with one attached hydrogen (secondary N) is 1. The quantitative estimate of drug-likeness (QED) is 0.632. The Morgan fingerprint density at radius 1 is 1.11 bits per heavy atom. The first-order chi connectivity index (χ1) is 13.3. The second-order valence-corrected chi connectivity index (χ2v) is 8.48. The van der Waals surface area contributed by atoms with Gasteiger partial charge in [-0.2, -0.15) is 0 Å². The predicted molar refractivity (Wildman–Crippen MR) is 112 cm³/mol. The summed E-state index contributed by atoms with van der Waals surface area (Å²) in [6, 6.07) is 18.3. The number of amides is 1. The zero-order chi connectivity index (χ0) is 18.5. The first-order valence-electron chi connectivity index (χ1n) is 8.92. The first-order valence-corrected chi connectivity index (χ1v) is 10.7. The van der Waals surface area contributed by atoms with Gasteiger partial charge in [-0.15, -0.1) is 10.2 Å². The van der Waals surface area contributed by atoms with Gasteiger partial charge < -0.3 is 10.2 Å². The summed E-state index contributed by atoms with van der Waals surface area (Å²) in [7, 11) is 0. The standard InChI is InChI=1S/C20H20N4OS2/c25-18(24-12-6-10-16-9-4-5-11-17(16)24)14-26-20-23-22-19(27-20)21-13-15-7-2-1-3-8-15/h1-5,7-9,11H,6,10,12-14H2,(H,21,22). The van der Waals surface area contributed by atoms with Crippen molar-refractivity contribution < 1.29 is 4.79 Å². The maximum Gasteiger partial charge on any atom is 0.237 e. The van der Waals surface area contributed by atoms with Crippen LogP contribution in [-0.4, -0.2) is 28.4 Å². The summed E-state index contributed by atoms with van der Waals surface area (Å²) < 4.78 is 0.809. The van der Waals surface area contributed by atoms with E-state index in [0.29, 0.717) is 12.3 Å². The molecule has 0 unspecified atom stereocenters. The molecule has 2 heterocycles. The summed E-state index contributed by atoms with van der Waals surface area (Å²) >= 11 is 2.94. The van der Waals surface area contributed by atoms with E-state index in [-0.39, 0.29) is 5.91 Å². The zero-order valence-corrected chi connectivity index (χ0v) is 16.4. The SMILES string of the molecule is O=C(CSc1nnc(NCc2ccccc2)s1)N1CCCc2ccccc21. The van der Waals surface area contributed by atoms with Gasteiger partial charge in [0.2, 0.25) is 11.0 Å². The highest BCUT2D eigenvalue weighted by molar-refractivity contribution is 8.01. The van der Waals surface area contributed by atoms with Crippen LogP contribution < -0.4 is 10.2 Å². The van der Waals surface area contributed by atoms with Crippen molar-refractivity contribution in [3.05, 3.63) is 65.7 Å². The third-order valence-electron chi connectivity index (χ3n) is 4.42. The average molecular weight is 397 g/mol. The number of aromatic nitrogens is 2. The van der Waals surface area contributed by atoms with Gasteiger partial charge >= 0.3 is 0 Å². The van der Waals surface area contributed by atoms with Crippen LogP contribution >= 0.6 is 23.1 Å². The van der Waals surface area contributed by atoms with Crippen molar-refractivity contribution >= 4 is 39.8 Å². The van der Waals surface area contributed by atoms with Crippen LogP contribution in [0.3, 0.4) is 0 Å². The molecule has 0 saturated heterocycles. The van der Waals surface area contributed by atoms with Crippen LogP contribution in [0.1, 0.15) is 17.5 Å². The molecule has 0 atom stereocenters. The number of para-hydroxylation sites is 1. The van der Waals surface area contributed by atoms with Crippen molar-refractivity contribution in [3.63, 3.8) is 0 Å². The third-order valence-corrected chi connectivity index (χ3v) is 6.42. The number of fused-ring (bicyclic) bond motifs is 1. The minimum absolute atomic E-state index is 0.126. The second-order valence-electron chi connectivity index (χ2n) is 6.28. The van der Waals surface area contributed by atoms with Crippen molar-refractivity contribution in [2.45, 2.75) is 23.7 Å². The molecule has 1 N–H and O–H groups in total. The smallest absolute Gasteiger partial charge is 0.237 e. The Morgan fingerprint density at radius 3 is 2.81 bits per heavy atom. The van der Waals surface area contributed by atoms with Crippen molar-refractivity contribution in [1.29, 1.82) is 0 Å². The van der Waals surface area contributed by atoms with E-state index in [1.807, 2.05) is 41.3 Å². The van der Waals surface area contributed by atoms with Crippen molar-refractivity contribution in [1.82, 2.24) is 10.2 Å². The molecule has 0 radical (unpaired) electrons. The molecule has 0 fully saturated rings. The van der Waals surface area contributed by atoms with Crippen molar-refractivity contribution in [2.24, 2.45) is 0 Å². The topological polar surface area (TPSA) is 58.1 Å². The summed E-state index contributed by atoms with van der Waals surface area (Å²) in [5.74, 6) is 0.503. The number of thioether (sulfide) groups is 1. The Bertz CT molecular complexity index is 913. The monoisotopic (exact) mass is 396 g/mol. The molecular formula is C20H20N4OS2.